The maximum absolute atomic E-state index is 5.68. The molecule has 2 heterocycles. The van der Waals surface area contributed by atoms with Crippen molar-refractivity contribution in [2.45, 2.75) is 12.5 Å². The number of rotatable bonds is 2. The van der Waals surface area contributed by atoms with Gasteiger partial charge in [0, 0.05) is 25.7 Å². The number of ether oxygens (including phenoxy) is 1. The monoisotopic (exact) mass is 182 g/mol. The van der Waals surface area contributed by atoms with Gasteiger partial charge in [-0.3, -0.25) is 4.90 Å². The standard InChI is InChI=1S/C10H18N2O/c11-3-8-9-4-12(5-10(8)9)7-1-2-13-6-7/h7-10H,1-6,11H2. The lowest BCUT2D eigenvalue weighted by atomic mass is 10.2. The Labute approximate surface area is 79.2 Å². The van der Waals surface area contributed by atoms with Crippen LogP contribution in [0.2, 0.25) is 0 Å². The predicted molar refractivity (Wildman–Crippen MR) is 50.3 cm³/mol. The summed E-state index contributed by atoms with van der Waals surface area (Å²) in [5, 5.41) is 0. The molecular formula is C10H18N2O. The second kappa shape index (κ2) is 2.94. The number of hydrogen-bond acceptors (Lipinski definition) is 3. The second-order valence-electron chi connectivity index (χ2n) is 4.70. The third kappa shape index (κ3) is 1.22. The lowest BCUT2D eigenvalue weighted by Gasteiger charge is -2.24. The van der Waals surface area contributed by atoms with Gasteiger partial charge in [-0.15, -0.1) is 0 Å². The molecule has 0 aromatic carbocycles. The Morgan fingerprint density at radius 3 is 2.62 bits per heavy atom. The molecule has 3 unspecified atom stereocenters. The van der Waals surface area contributed by atoms with E-state index in [1.165, 1.54) is 19.5 Å². The van der Waals surface area contributed by atoms with E-state index in [1.807, 2.05) is 0 Å². The van der Waals surface area contributed by atoms with Crippen LogP contribution in [0.4, 0.5) is 0 Å². The summed E-state index contributed by atoms with van der Waals surface area (Å²) >= 11 is 0. The van der Waals surface area contributed by atoms with Crippen LogP contribution in [0.1, 0.15) is 6.42 Å². The molecule has 13 heavy (non-hydrogen) atoms. The molecule has 0 aromatic rings. The summed E-state index contributed by atoms with van der Waals surface area (Å²) < 4.78 is 5.41. The molecule has 0 spiro atoms. The van der Waals surface area contributed by atoms with Crippen molar-refractivity contribution in [1.29, 1.82) is 0 Å². The van der Waals surface area contributed by atoms with E-state index in [4.69, 9.17) is 10.5 Å². The van der Waals surface area contributed by atoms with Crippen molar-refractivity contribution < 1.29 is 4.74 Å². The summed E-state index contributed by atoms with van der Waals surface area (Å²) in [6.07, 6.45) is 1.24. The minimum absolute atomic E-state index is 0.728. The van der Waals surface area contributed by atoms with Gasteiger partial charge in [0.05, 0.1) is 6.61 Å². The molecule has 3 aliphatic rings. The van der Waals surface area contributed by atoms with Gasteiger partial charge < -0.3 is 10.5 Å². The van der Waals surface area contributed by atoms with E-state index < -0.39 is 0 Å². The first-order chi connectivity index (χ1) is 6.40. The smallest absolute Gasteiger partial charge is 0.0622 e. The Balaban J connectivity index is 1.55. The summed E-state index contributed by atoms with van der Waals surface area (Å²) in [5.41, 5.74) is 5.68. The van der Waals surface area contributed by atoms with Crippen LogP contribution in [0, 0.1) is 17.8 Å². The first-order valence-corrected chi connectivity index (χ1v) is 5.42. The Bertz CT molecular complexity index is 191. The zero-order valence-corrected chi connectivity index (χ0v) is 7.98. The Morgan fingerprint density at radius 1 is 1.31 bits per heavy atom. The summed E-state index contributed by atoms with van der Waals surface area (Å²) in [5.74, 6) is 2.73. The molecule has 3 fully saturated rings. The molecule has 1 aliphatic carbocycles. The molecule has 0 bridgehead atoms. The second-order valence-corrected chi connectivity index (χ2v) is 4.70. The highest BCUT2D eigenvalue weighted by molar-refractivity contribution is 5.06. The molecule has 0 amide bonds. The van der Waals surface area contributed by atoms with E-state index in [0.717, 1.165) is 43.6 Å². The van der Waals surface area contributed by atoms with Crippen LogP contribution in [0.25, 0.3) is 0 Å². The van der Waals surface area contributed by atoms with Crippen molar-refractivity contribution in [1.82, 2.24) is 4.90 Å². The van der Waals surface area contributed by atoms with E-state index >= 15 is 0 Å². The van der Waals surface area contributed by atoms with E-state index in [9.17, 15) is 0 Å². The van der Waals surface area contributed by atoms with Gasteiger partial charge in [-0.25, -0.2) is 0 Å². The van der Waals surface area contributed by atoms with Crippen molar-refractivity contribution in [3.63, 3.8) is 0 Å². The molecule has 3 atom stereocenters. The molecule has 2 aliphatic heterocycles. The zero-order valence-electron chi connectivity index (χ0n) is 7.98. The van der Waals surface area contributed by atoms with E-state index in [0.29, 0.717) is 0 Å². The Morgan fingerprint density at radius 2 is 2.08 bits per heavy atom. The average Bonchev–Trinajstić information content (AvgIpc) is 2.68. The first-order valence-electron chi connectivity index (χ1n) is 5.42. The van der Waals surface area contributed by atoms with Crippen molar-refractivity contribution in [2.24, 2.45) is 23.5 Å². The van der Waals surface area contributed by atoms with Crippen molar-refractivity contribution in [3.05, 3.63) is 0 Å². The molecule has 0 radical (unpaired) electrons. The quantitative estimate of drug-likeness (QED) is 0.649. The molecule has 3 nitrogen and oxygen atoms in total. The molecule has 3 rings (SSSR count). The highest BCUT2D eigenvalue weighted by Crippen LogP contribution is 2.51. The number of hydrogen-bond donors (Lipinski definition) is 1. The van der Waals surface area contributed by atoms with Gasteiger partial charge in [0.25, 0.3) is 0 Å². The van der Waals surface area contributed by atoms with Crippen molar-refractivity contribution in [2.75, 3.05) is 32.8 Å². The lowest BCUT2D eigenvalue weighted by molar-refractivity contribution is 0.148. The van der Waals surface area contributed by atoms with Gasteiger partial charge in [0.15, 0.2) is 0 Å². The van der Waals surface area contributed by atoms with Crippen LogP contribution in [0.5, 0.6) is 0 Å². The minimum Gasteiger partial charge on any atom is -0.380 e. The number of likely N-dealkylation sites (tertiary alicyclic amines) is 1. The van der Waals surface area contributed by atoms with Crippen LogP contribution in [-0.4, -0.2) is 43.8 Å². The van der Waals surface area contributed by atoms with E-state index in [2.05, 4.69) is 4.90 Å². The number of fused-ring (bicyclic) bond motifs is 1. The fraction of sp³-hybridized carbons (Fsp3) is 1.00. The first kappa shape index (κ1) is 8.21. The van der Waals surface area contributed by atoms with Gasteiger partial charge in [-0.05, 0) is 30.7 Å². The molecule has 3 heteroatoms. The van der Waals surface area contributed by atoms with E-state index in [-0.39, 0.29) is 0 Å². The fourth-order valence-electron chi connectivity index (χ4n) is 3.14. The largest absolute Gasteiger partial charge is 0.380 e. The van der Waals surface area contributed by atoms with Crippen LogP contribution < -0.4 is 5.73 Å². The molecule has 74 valence electrons. The SMILES string of the molecule is NCC1C2CN(C3CCOC3)CC12. The van der Waals surface area contributed by atoms with Gasteiger partial charge in [-0.1, -0.05) is 0 Å². The van der Waals surface area contributed by atoms with Crippen molar-refractivity contribution in [3.8, 4) is 0 Å². The molecule has 0 aromatic heterocycles. The molecule has 1 saturated carbocycles. The minimum atomic E-state index is 0.728. The molecular weight excluding hydrogens is 164 g/mol. The van der Waals surface area contributed by atoms with Crippen molar-refractivity contribution >= 4 is 0 Å². The van der Waals surface area contributed by atoms with Crippen LogP contribution in [-0.2, 0) is 4.74 Å². The zero-order chi connectivity index (χ0) is 8.84. The highest BCUT2D eigenvalue weighted by atomic mass is 16.5. The van der Waals surface area contributed by atoms with Crippen LogP contribution in [0.3, 0.4) is 0 Å². The van der Waals surface area contributed by atoms with Gasteiger partial charge in [0.1, 0.15) is 0 Å². The maximum Gasteiger partial charge on any atom is 0.0622 e. The Kier molecular flexibility index (Phi) is 1.86. The third-order valence-corrected chi connectivity index (χ3v) is 4.09. The topological polar surface area (TPSA) is 38.5 Å². The Hall–Kier alpha value is -0.120. The maximum atomic E-state index is 5.68. The average molecular weight is 182 g/mol. The number of nitrogens with two attached hydrogens (primary N) is 1. The van der Waals surface area contributed by atoms with Gasteiger partial charge >= 0.3 is 0 Å². The summed E-state index contributed by atoms with van der Waals surface area (Å²) in [4.78, 5) is 2.62. The number of piperidine rings is 1. The number of nitrogens with zero attached hydrogens (tertiary/aromatic N) is 1. The fourth-order valence-corrected chi connectivity index (χ4v) is 3.14. The summed E-state index contributed by atoms with van der Waals surface area (Å²) in [7, 11) is 0. The normalized spacial score (nSPS) is 49.6. The molecule has 2 N–H and O–H groups in total. The van der Waals surface area contributed by atoms with E-state index in [1.54, 1.807) is 0 Å². The third-order valence-electron chi connectivity index (χ3n) is 4.09. The predicted octanol–water partition coefficient (Wildman–Crippen LogP) is -0.0882. The summed E-state index contributed by atoms with van der Waals surface area (Å²) in [6.45, 7) is 5.43. The lowest BCUT2D eigenvalue weighted by Crippen LogP contribution is -2.36. The van der Waals surface area contributed by atoms with Gasteiger partial charge in [0.2, 0.25) is 0 Å². The van der Waals surface area contributed by atoms with Gasteiger partial charge in [-0.2, -0.15) is 0 Å². The highest BCUT2D eigenvalue weighted by Gasteiger charge is 2.55. The summed E-state index contributed by atoms with van der Waals surface area (Å²) in [6, 6.07) is 0.728. The van der Waals surface area contributed by atoms with Crippen LogP contribution >= 0.6 is 0 Å². The molecule has 2 saturated heterocycles. The van der Waals surface area contributed by atoms with Crippen LogP contribution in [0.15, 0.2) is 0 Å².